The van der Waals surface area contributed by atoms with Crippen molar-refractivity contribution in [1.29, 1.82) is 5.26 Å². The second-order valence-corrected chi connectivity index (χ2v) is 4.59. The number of benzene rings is 1. The van der Waals surface area contributed by atoms with Crippen molar-refractivity contribution < 1.29 is 5.11 Å². The maximum absolute atomic E-state index is 9.62. The van der Waals surface area contributed by atoms with E-state index in [1.807, 2.05) is 32.0 Å². The molecule has 1 rings (SSSR count). The minimum Gasteiger partial charge on any atom is -0.393 e. The van der Waals surface area contributed by atoms with E-state index < -0.39 is 0 Å². The molecule has 3 nitrogen and oxygen atoms in total. The largest absolute Gasteiger partial charge is 0.393 e. The molecule has 2 N–H and O–H groups in total. The Bertz CT molecular complexity index is 382. The van der Waals surface area contributed by atoms with E-state index in [0.29, 0.717) is 11.5 Å². The minimum atomic E-state index is -0.243. The molecule has 1 unspecified atom stereocenters. The van der Waals surface area contributed by atoms with Crippen LogP contribution in [0.4, 0.5) is 0 Å². The van der Waals surface area contributed by atoms with E-state index in [1.165, 1.54) is 0 Å². The third-order valence-corrected chi connectivity index (χ3v) is 2.77. The second-order valence-electron chi connectivity index (χ2n) is 4.59. The minimum absolute atomic E-state index is 0.243. The predicted molar refractivity (Wildman–Crippen MR) is 68.3 cm³/mol. The lowest BCUT2D eigenvalue weighted by Gasteiger charge is -2.14. The first-order valence-corrected chi connectivity index (χ1v) is 6.01. The number of aliphatic hydroxyl groups excluding tert-OH is 1. The second kappa shape index (κ2) is 7.05. The van der Waals surface area contributed by atoms with Crippen LogP contribution in [0.3, 0.4) is 0 Å². The van der Waals surface area contributed by atoms with Gasteiger partial charge in [0.15, 0.2) is 0 Å². The number of rotatable bonds is 6. The van der Waals surface area contributed by atoms with E-state index in [9.17, 15) is 5.11 Å². The van der Waals surface area contributed by atoms with Gasteiger partial charge in [-0.3, -0.25) is 0 Å². The topological polar surface area (TPSA) is 56.0 Å². The SMILES string of the molecule is CC(C)C(O)CCNCc1cccc(C#N)c1. The third-order valence-electron chi connectivity index (χ3n) is 2.77. The van der Waals surface area contributed by atoms with E-state index in [0.717, 1.165) is 25.1 Å². The summed E-state index contributed by atoms with van der Waals surface area (Å²) >= 11 is 0. The molecule has 1 aromatic carbocycles. The van der Waals surface area contributed by atoms with Crippen LogP contribution >= 0.6 is 0 Å². The number of nitriles is 1. The summed E-state index contributed by atoms with van der Waals surface area (Å²) in [5.41, 5.74) is 1.79. The molecule has 0 aromatic heterocycles. The number of aliphatic hydroxyl groups is 1. The first kappa shape index (κ1) is 13.7. The molecule has 92 valence electrons. The molecule has 0 fully saturated rings. The molecule has 0 saturated carbocycles. The molecule has 0 bridgehead atoms. The third kappa shape index (κ3) is 4.99. The molecule has 0 radical (unpaired) electrons. The summed E-state index contributed by atoms with van der Waals surface area (Å²) in [5.74, 6) is 0.304. The van der Waals surface area contributed by atoms with Gasteiger partial charge in [0, 0.05) is 6.54 Å². The van der Waals surface area contributed by atoms with Crippen LogP contribution in [0, 0.1) is 17.2 Å². The van der Waals surface area contributed by atoms with Crippen molar-refractivity contribution in [3.8, 4) is 6.07 Å². The van der Waals surface area contributed by atoms with Gasteiger partial charge < -0.3 is 10.4 Å². The van der Waals surface area contributed by atoms with E-state index >= 15 is 0 Å². The van der Waals surface area contributed by atoms with Gasteiger partial charge in [-0.1, -0.05) is 26.0 Å². The number of nitrogens with one attached hydrogen (secondary N) is 1. The predicted octanol–water partition coefficient (Wildman–Crippen LogP) is 2.05. The summed E-state index contributed by atoms with van der Waals surface area (Å²) in [6.45, 7) is 5.55. The lowest BCUT2D eigenvalue weighted by molar-refractivity contribution is 0.116. The van der Waals surface area contributed by atoms with Crippen LogP contribution in [0.15, 0.2) is 24.3 Å². The summed E-state index contributed by atoms with van der Waals surface area (Å²) < 4.78 is 0. The Morgan fingerprint density at radius 3 is 2.82 bits per heavy atom. The summed E-state index contributed by atoms with van der Waals surface area (Å²) in [4.78, 5) is 0. The van der Waals surface area contributed by atoms with Crippen LogP contribution in [0.2, 0.25) is 0 Å². The molecule has 3 heteroatoms. The molecule has 0 saturated heterocycles. The maximum atomic E-state index is 9.62. The number of hydrogen-bond donors (Lipinski definition) is 2. The molecule has 1 aromatic rings. The lowest BCUT2D eigenvalue weighted by atomic mass is 10.0. The van der Waals surface area contributed by atoms with Crippen LogP contribution in [0.1, 0.15) is 31.4 Å². The zero-order valence-corrected chi connectivity index (χ0v) is 10.5. The van der Waals surface area contributed by atoms with Gasteiger partial charge in [-0.15, -0.1) is 0 Å². The number of nitrogens with zero attached hydrogens (tertiary/aromatic N) is 1. The van der Waals surface area contributed by atoms with Crippen molar-refractivity contribution in [3.05, 3.63) is 35.4 Å². The monoisotopic (exact) mass is 232 g/mol. The highest BCUT2D eigenvalue weighted by Gasteiger charge is 2.07. The average molecular weight is 232 g/mol. The molecule has 0 aliphatic carbocycles. The highest BCUT2D eigenvalue weighted by Crippen LogP contribution is 2.06. The van der Waals surface area contributed by atoms with Gasteiger partial charge in [-0.25, -0.2) is 0 Å². The molecule has 0 aliphatic heterocycles. The van der Waals surface area contributed by atoms with Crippen molar-refractivity contribution >= 4 is 0 Å². The molecule has 0 heterocycles. The molecule has 17 heavy (non-hydrogen) atoms. The van der Waals surface area contributed by atoms with Gasteiger partial charge in [0.05, 0.1) is 17.7 Å². The molecule has 1 atom stereocenters. The van der Waals surface area contributed by atoms with Crippen molar-refractivity contribution in [1.82, 2.24) is 5.32 Å². The summed E-state index contributed by atoms with van der Waals surface area (Å²) in [6.07, 6.45) is 0.517. The Morgan fingerprint density at radius 2 is 2.18 bits per heavy atom. The van der Waals surface area contributed by atoms with Gasteiger partial charge in [-0.05, 0) is 36.6 Å². The zero-order chi connectivity index (χ0) is 12.7. The van der Waals surface area contributed by atoms with E-state index in [4.69, 9.17) is 5.26 Å². The van der Waals surface area contributed by atoms with Crippen LogP contribution in [0.5, 0.6) is 0 Å². The highest BCUT2D eigenvalue weighted by atomic mass is 16.3. The summed E-state index contributed by atoms with van der Waals surface area (Å²) in [7, 11) is 0. The fourth-order valence-electron chi connectivity index (χ4n) is 1.57. The van der Waals surface area contributed by atoms with Crippen LogP contribution in [0.25, 0.3) is 0 Å². The van der Waals surface area contributed by atoms with Gasteiger partial charge in [-0.2, -0.15) is 5.26 Å². The van der Waals surface area contributed by atoms with Crippen molar-refractivity contribution in [3.63, 3.8) is 0 Å². The molecule has 0 amide bonds. The van der Waals surface area contributed by atoms with Gasteiger partial charge in [0.25, 0.3) is 0 Å². The number of hydrogen-bond acceptors (Lipinski definition) is 3. The fraction of sp³-hybridized carbons (Fsp3) is 0.500. The van der Waals surface area contributed by atoms with Gasteiger partial charge in [0.1, 0.15) is 0 Å². The molecular weight excluding hydrogens is 212 g/mol. The smallest absolute Gasteiger partial charge is 0.0991 e. The summed E-state index contributed by atoms with van der Waals surface area (Å²) in [6, 6.07) is 9.68. The Labute approximate surface area is 103 Å². The van der Waals surface area contributed by atoms with E-state index in [-0.39, 0.29) is 6.10 Å². The molecular formula is C14H20N2O. The van der Waals surface area contributed by atoms with E-state index in [2.05, 4.69) is 11.4 Å². The first-order valence-electron chi connectivity index (χ1n) is 6.01. The molecule has 0 spiro atoms. The normalized spacial score (nSPS) is 12.4. The van der Waals surface area contributed by atoms with Crippen LogP contribution < -0.4 is 5.32 Å². The molecule has 0 aliphatic rings. The maximum Gasteiger partial charge on any atom is 0.0991 e. The Kier molecular flexibility index (Phi) is 5.68. The van der Waals surface area contributed by atoms with Crippen molar-refractivity contribution in [2.24, 2.45) is 5.92 Å². The quantitative estimate of drug-likeness (QED) is 0.738. The first-order chi connectivity index (χ1) is 8.13. The zero-order valence-electron chi connectivity index (χ0n) is 10.5. The Morgan fingerprint density at radius 1 is 1.41 bits per heavy atom. The summed E-state index contributed by atoms with van der Waals surface area (Å²) in [5, 5.41) is 21.7. The Hall–Kier alpha value is -1.37. The highest BCUT2D eigenvalue weighted by molar-refractivity contribution is 5.32. The van der Waals surface area contributed by atoms with Crippen molar-refractivity contribution in [2.45, 2.75) is 32.9 Å². The Balaban J connectivity index is 2.29. The van der Waals surface area contributed by atoms with E-state index in [1.54, 1.807) is 6.07 Å². The lowest BCUT2D eigenvalue weighted by Crippen LogP contribution is -2.23. The standard InChI is InChI=1S/C14H20N2O/c1-11(2)14(17)6-7-16-10-13-5-3-4-12(8-13)9-15/h3-5,8,11,14,16-17H,6-7,10H2,1-2H3. The van der Waals surface area contributed by atoms with Crippen molar-refractivity contribution in [2.75, 3.05) is 6.54 Å². The van der Waals surface area contributed by atoms with Gasteiger partial charge >= 0.3 is 0 Å². The fourth-order valence-corrected chi connectivity index (χ4v) is 1.57. The average Bonchev–Trinajstić information content (AvgIpc) is 2.34. The van der Waals surface area contributed by atoms with Gasteiger partial charge in [0.2, 0.25) is 0 Å². The van der Waals surface area contributed by atoms with Crippen LogP contribution in [-0.4, -0.2) is 17.8 Å². The van der Waals surface area contributed by atoms with Crippen LogP contribution in [-0.2, 0) is 6.54 Å².